The Hall–Kier alpha value is -3.17. The predicted molar refractivity (Wildman–Crippen MR) is 127 cm³/mol. The van der Waals surface area contributed by atoms with E-state index < -0.39 is 23.3 Å². The zero-order valence-corrected chi connectivity index (χ0v) is 20.1. The van der Waals surface area contributed by atoms with Gasteiger partial charge in [-0.2, -0.15) is 0 Å². The molecule has 0 aliphatic heterocycles. The lowest BCUT2D eigenvalue weighted by Crippen LogP contribution is -2.51. The summed E-state index contributed by atoms with van der Waals surface area (Å²) in [5, 5.41) is 0.242. The third kappa shape index (κ3) is 6.00. The Morgan fingerprint density at radius 1 is 1.15 bits per heavy atom. The van der Waals surface area contributed by atoms with Crippen LogP contribution in [0.4, 0.5) is 0 Å². The predicted octanol–water partition coefficient (Wildman–Crippen LogP) is 3.96. The lowest BCUT2D eigenvalue weighted by molar-refractivity contribution is -0.144. The maximum Gasteiger partial charge on any atom is 0.324 e. The first-order valence-electron chi connectivity index (χ1n) is 10.4. The molecule has 0 aliphatic rings. The van der Waals surface area contributed by atoms with E-state index in [4.69, 9.17) is 13.9 Å². The van der Waals surface area contributed by atoms with Crippen molar-refractivity contribution in [2.45, 2.75) is 32.9 Å². The Kier molecular flexibility index (Phi) is 8.24. The second kappa shape index (κ2) is 11.1. The molecule has 0 aliphatic carbocycles. The van der Waals surface area contributed by atoms with Crippen molar-refractivity contribution in [1.82, 2.24) is 10.9 Å². The number of rotatable bonds is 9. The lowest BCUT2D eigenvalue weighted by atomic mass is 10.00. The highest BCUT2D eigenvalue weighted by Crippen LogP contribution is 2.24. The van der Waals surface area contributed by atoms with E-state index in [1.54, 1.807) is 18.2 Å². The van der Waals surface area contributed by atoms with E-state index in [9.17, 15) is 14.4 Å². The summed E-state index contributed by atoms with van der Waals surface area (Å²) in [4.78, 5) is 37.4. The monoisotopic (exact) mass is 516 g/mol. The average Bonchev–Trinajstić information content (AvgIpc) is 2.82. The Morgan fingerprint density at radius 3 is 2.55 bits per heavy atom. The molecule has 33 heavy (non-hydrogen) atoms. The fourth-order valence-corrected chi connectivity index (χ4v) is 3.42. The standard InChI is InChI=1S/C24H25BrN2O6/c1-4-14(2)22(24(30)31-3)26-27-23(29)20-12-17(28)21-18(6-5-7-19(21)33-20)32-13-15-8-10-16(25)11-9-15/h5-12,14,22,26H,4,13H2,1-3H3,(H,27,29)/t14-,22+/m1/s1. The molecule has 0 unspecified atom stereocenters. The molecule has 9 heteroatoms. The molecule has 0 spiro atoms. The van der Waals surface area contributed by atoms with E-state index in [2.05, 4.69) is 26.8 Å². The van der Waals surface area contributed by atoms with Gasteiger partial charge >= 0.3 is 11.9 Å². The lowest BCUT2D eigenvalue weighted by Gasteiger charge is -2.21. The summed E-state index contributed by atoms with van der Waals surface area (Å²) in [6, 6.07) is 12.9. The Labute approximate surface area is 199 Å². The van der Waals surface area contributed by atoms with E-state index in [1.807, 2.05) is 38.1 Å². The molecular formula is C24H25BrN2O6. The molecule has 8 nitrogen and oxygen atoms in total. The van der Waals surface area contributed by atoms with Crippen molar-refractivity contribution in [3.63, 3.8) is 0 Å². The molecule has 0 bridgehead atoms. The number of ether oxygens (including phenoxy) is 2. The van der Waals surface area contributed by atoms with Gasteiger partial charge in [0.25, 0.3) is 0 Å². The third-order valence-electron chi connectivity index (χ3n) is 5.26. The van der Waals surface area contributed by atoms with E-state index in [-0.39, 0.29) is 29.3 Å². The molecule has 3 rings (SSSR count). The largest absolute Gasteiger partial charge is 0.488 e. The maximum absolute atomic E-state index is 12.8. The summed E-state index contributed by atoms with van der Waals surface area (Å²) < 4.78 is 17.2. The highest BCUT2D eigenvalue weighted by Gasteiger charge is 2.26. The second-order valence-electron chi connectivity index (χ2n) is 7.50. The number of hydrogen-bond acceptors (Lipinski definition) is 7. The zero-order valence-electron chi connectivity index (χ0n) is 18.5. The molecule has 174 valence electrons. The Bertz CT molecular complexity index is 1190. The summed E-state index contributed by atoms with van der Waals surface area (Å²) in [6.07, 6.45) is 0.691. The highest BCUT2D eigenvalue weighted by atomic mass is 79.9. The van der Waals surface area contributed by atoms with Gasteiger partial charge in [0.05, 0.1) is 7.11 Å². The van der Waals surface area contributed by atoms with Crippen LogP contribution in [-0.2, 0) is 16.1 Å². The molecule has 1 aromatic heterocycles. The number of nitrogens with one attached hydrogen (secondary N) is 2. The average molecular weight is 517 g/mol. The van der Waals surface area contributed by atoms with Gasteiger partial charge in [-0.3, -0.25) is 19.8 Å². The molecule has 1 amide bonds. The van der Waals surface area contributed by atoms with Crippen molar-refractivity contribution in [2.24, 2.45) is 5.92 Å². The van der Waals surface area contributed by atoms with Crippen LogP contribution in [0.3, 0.4) is 0 Å². The molecule has 2 N–H and O–H groups in total. The van der Waals surface area contributed by atoms with Crippen LogP contribution in [-0.4, -0.2) is 25.0 Å². The molecule has 0 saturated carbocycles. The van der Waals surface area contributed by atoms with Crippen molar-refractivity contribution in [3.05, 3.63) is 74.6 Å². The van der Waals surface area contributed by atoms with Gasteiger partial charge in [0, 0.05) is 10.5 Å². The number of hydrazine groups is 1. The first-order valence-corrected chi connectivity index (χ1v) is 11.2. The number of hydrogen-bond donors (Lipinski definition) is 2. The third-order valence-corrected chi connectivity index (χ3v) is 5.79. The molecule has 2 atom stereocenters. The summed E-state index contributed by atoms with van der Waals surface area (Å²) in [6.45, 7) is 4.04. The van der Waals surface area contributed by atoms with Gasteiger partial charge in [-0.1, -0.05) is 54.4 Å². The summed E-state index contributed by atoms with van der Waals surface area (Å²) >= 11 is 3.39. The zero-order chi connectivity index (χ0) is 24.0. The van der Waals surface area contributed by atoms with Crippen LogP contribution >= 0.6 is 15.9 Å². The molecular weight excluding hydrogens is 492 g/mol. The van der Waals surface area contributed by atoms with Gasteiger partial charge in [-0.05, 0) is 35.7 Å². The molecule has 0 radical (unpaired) electrons. The smallest absolute Gasteiger partial charge is 0.324 e. The van der Waals surface area contributed by atoms with Crippen molar-refractivity contribution < 1.29 is 23.5 Å². The maximum atomic E-state index is 12.8. The summed E-state index contributed by atoms with van der Waals surface area (Å²) in [5.74, 6) is -1.12. The number of carbonyl (C=O) groups is 2. The van der Waals surface area contributed by atoms with Gasteiger partial charge < -0.3 is 13.9 Å². The van der Waals surface area contributed by atoms with Gasteiger partial charge in [0.2, 0.25) is 0 Å². The normalized spacial score (nSPS) is 12.7. The number of benzene rings is 2. The van der Waals surface area contributed by atoms with Gasteiger partial charge in [0.1, 0.15) is 29.4 Å². The number of carbonyl (C=O) groups excluding carboxylic acids is 2. The van der Waals surface area contributed by atoms with Crippen molar-refractivity contribution in [2.75, 3.05) is 7.11 Å². The van der Waals surface area contributed by atoms with Gasteiger partial charge in [-0.15, -0.1) is 0 Å². The number of esters is 1. The molecule has 2 aromatic carbocycles. The minimum Gasteiger partial charge on any atom is -0.488 e. The van der Waals surface area contributed by atoms with E-state index >= 15 is 0 Å². The molecule has 1 heterocycles. The van der Waals surface area contributed by atoms with Crippen LogP contribution in [0.15, 0.2) is 62.2 Å². The van der Waals surface area contributed by atoms with Gasteiger partial charge in [0.15, 0.2) is 11.2 Å². The fraction of sp³-hybridized carbons (Fsp3) is 0.292. The van der Waals surface area contributed by atoms with Crippen LogP contribution in [0.2, 0.25) is 0 Å². The molecule has 0 fully saturated rings. The van der Waals surface area contributed by atoms with Crippen LogP contribution in [0.5, 0.6) is 5.75 Å². The van der Waals surface area contributed by atoms with Crippen molar-refractivity contribution >= 4 is 38.8 Å². The van der Waals surface area contributed by atoms with Crippen LogP contribution in [0.25, 0.3) is 11.0 Å². The van der Waals surface area contributed by atoms with Crippen molar-refractivity contribution in [3.8, 4) is 5.75 Å². The molecule has 3 aromatic rings. The van der Waals surface area contributed by atoms with E-state index in [0.29, 0.717) is 12.2 Å². The summed E-state index contributed by atoms with van der Waals surface area (Å²) in [7, 11) is 1.28. The Morgan fingerprint density at radius 2 is 1.88 bits per heavy atom. The highest BCUT2D eigenvalue weighted by molar-refractivity contribution is 9.10. The van der Waals surface area contributed by atoms with Crippen LogP contribution in [0, 0.1) is 5.92 Å². The number of fused-ring (bicyclic) bond motifs is 1. The van der Waals surface area contributed by atoms with Crippen LogP contribution < -0.4 is 21.0 Å². The fourth-order valence-electron chi connectivity index (χ4n) is 3.15. The Balaban J connectivity index is 1.78. The van der Waals surface area contributed by atoms with E-state index in [0.717, 1.165) is 16.1 Å². The van der Waals surface area contributed by atoms with Gasteiger partial charge in [-0.25, -0.2) is 5.43 Å². The minimum absolute atomic E-state index is 0.0909. The van der Waals surface area contributed by atoms with E-state index in [1.165, 1.54) is 7.11 Å². The number of halogens is 1. The van der Waals surface area contributed by atoms with Crippen LogP contribution in [0.1, 0.15) is 36.4 Å². The summed E-state index contributed by atoms with van der Waals surface area (Å²) in [5.41, 5.74) is 5.84. The first kappa shape index (κ1) is 24.5. The molecule has 0 saturated heterocycles. The van der Waals surface area contributed by atoms with Crippen molar-refractivity contribution in [1.29, 1.82) is 0 Å². The topological polar surface area (TPSA) is 107 Å². The minimum atomic E-state index is -0.741. The first-order chi connectivity index (χ1) is 15.8. The quantitative estimate of drug-likeness (QED) is 0.327. The number of amides is 1. The number of methoxy groups -OCH3 is 1. The second-order valence-corrected chi connectivity index (χ2v) is 8.42. The SMILES string of the molecule is CC[C@@H](C)[C@H](NNC(=O)c1cc(=O)c2c(OCc3ccc(Br)cc3)cccc2o1)C(=O)OC.